The third kappa shape index (κ3) is 2.67. The van der Waals surface area contributed by atoms with Crippen molar-refractivity contribution in [2.75, 3.05) is 0 Å². The number of hydrogen-bond acceptors (Lipinski definition) is 3. The first kappa shape index (κ1) is 14.5. The summed E-state index contributed by atoms with van der Waals surface area (Å²) in [6, 6.07) is 6.98. The van der Waals surface area contributed by atoms with Gasteiger partial charge < -0.3 is 0 Å². The number of benzene rings is 1. The van der Waals surface area contributed by atoms with Crippen LogP contribution in [-0.2, 0) is 18.7 Å². The van der Waals surface area contributed by atoms with Crippen LogP contribution < -0.4 is 0 Å². The molecule has 1 aromatic carbocycles. The average molecular weight is 294 g/mol. The molecule has 1 aromatic heterocycles. The maximum Gasteiger partial charge on any atom is 0.273 e. The molecule has 0 aliphatic heterocycles. The fourth-order valence-corrected chi connectivity index (χ4v) is 2.33. The van der Waals surface area contributed by atoms with E-state index in [2.05, 4.69) is 18.1 Å². The molecule has 0 atom stereocenters. The molecule has 0 aliphatic rings. The van der Waals surface area contributed by atoms with Crippen molar-refractivity contribution < 1.29 is 4.92 Å². The van der Waals surface area contributed by atoms with Crippen molar-refractivity contribution in [3.05, 3.63) is 51.3 Å². The summed E-state index contributed by atoms with van der Waals surface area (Å²) in [6.07, 6.45) is 1.70. The first-order valence-corrected chi connectivity index (χ1v) is 7.05. The van der Waals surface area contributed by atoms with Gasteiger partial charge in [-0.05, 0) is 31.0 Å². The van der Waals surface area contributed by atoms with Gasteiger partial charge in [0.05, 0.1) is 22.2 Å². The molecule has 0 amide bonds. The van der Waals surface area contributed by atoms with Gasteiger partial charge in [-0.1, -0.05) is 13.8 Å². The molecular weight excluding hydrogens is 278 g/mol. The van der Waals surface area contributed by atoms with Crippen LogP contribution in [0.2, 0.25) is 0 Å². The second-order valence-electron chi connectivity index (χ2n) is 4.45. The predicted octanol–water partition coefficient (Wildman–Crippen LogP) is 3.64. The summed E-state index contributed by atoms with van der Waals surface area (Å²) in [5, 5.41) is 15.4. The number of rotatable bonds is 5. The summed E-state index contributed by atoms with van der Waals surface area (Å²) in [5.74, 6) is 0.105. The van der Waals surface area contributed by atoms with E-state index in [0.717, 1.165) is 29.9 Å². The quantitative estimate of drug-likeness (QED) is 0.480. The van der Waals surface area contributed by atoms with Crippen LogP contribution in [0.15, 0.2) is 24.3 Å². The van der Waals surface area contributed by atoms with Crippen molar-refractivity contribution >= 4 is 17.3 Å². The number of halogens is 1. The molecule has 5 nitrogen and oxygen atoms in total. The Labute approximate surface area is 122 Å². The lowest BCUT2D eigenvalue weighted by Gasteiger charge is -2.07. The lowest BCUT2D eigenvalue weighted by Crippen LogP contribution is -2.03. The molecule has 0 unspecified atom stereocenters. The standard InChI is InChI=1S/C14H16ClN3O2/c1-3-11-8-12(4-2)17(16-11)13-5-6-14(18(19)20)10(7-13)9-15/h5-8H,3-4,9H2,1-2H3. The van der Waals surface area contributed by atoms with Crippen LogP contribution in [0, 0.1) is 10.1 Å². The van der Waals surface area contributed by atoms with E-state index in [1.165, 1.54) is 6.07 Å². The van der Waals surface area contributed by atoms with E-state index in [0.29, 0.717) is 5.56 Å². The number of aryl methyl sites for hydroxylation is 2. The maximum absolute atomic E-state index is 10.9. The molecule has 0 saturated carbocycles. The van der Waals surface area contributed by atoms with Gasteiger partial charge in [0.15, 0.2) is 0 Å². The van der Waals surface area contributed by atoms with Crippen LogP contribution >= 0.6 is 11.6 Å². The molecule has 0 bridgehead atoms. The molecule has 1 heterocycles. The number of nitrogens with zero attached hydrogens (tertiary/aromatic N) is 3. The highest BCUT2D eigenvalue weighted by Gasteiger charge is 2.15. The van der Waals surface area contributed by atoms with E-state index in [4.69, 9.17) is 11.6 Å². The average Bonchev–Trinajstić information content (AvgIpc) is 2.89. The third-order valence-corrected chi connectivity index (χ3v) is 3.49. The maximum atomic E-state index is 10.9. The van der Waals surface area contributed by atoms with Crippen molar-refractivity contribution in [1.29, 1.82) is 0 Å². The highest BCUT2D eigenvalue weighted by molar-refractivity contribution is 6.17. The van der Waals surface area contributed by atoms with Gasteiger partial charge in [0.25, 0.3) is 5.69 Å². The molecule has 0 aliphatic carbocycles. The van der Waals surface area contributed by atoms with Gasteiger partial charge in [-0.15, -0.1) is 11.6 Å². The van der Waals surface area contributed by atoms with Gasteiger partial charge in [-0.3, -0.25) is 10.1 Å². The Kier molecular flexibility index (Phi) is 4.39. The first-order chi connectivity index (χ1) is 9.60. The summed E-state index contributed by atoms with van der Waals surface area (Å²) in [5.41, 5.74) is 3.45. The molecule has 2 aromatic rings. The van der Waals surface area contributed by atoms with E-state index in [1.807, 2.05) is 11.6 Å². The molecule has 2 rings (SSSR count). The fraction of sp³-hybridized carbons (Fsp3) is 0.357. The Hall–Kier alpha value is -1.88. The minimum absolute atomic E-state index is 0.0460. The van der Waals surface area contributed by atoms with Crippen LogP contribution in [0.25, 0.3) is 5.69 Å². The summed E-state index contributed by atoms with van der Waals surface area (Å²) in [7, 11) is 0. The Morgan fingerprint density at radius 1 is 1.30 bits per heavy atom. The molecule has 106 valence electrons. The molecular formula is C14H16ClN3O2. The minimum atomic E-state index is -0.414. The van der Waals surface area contributed by atoms with Crippen molar-refractivity contribution in [2.45, 2.75) is 32.6 Å². The number of nitro benzene ring substituents is 1. The van der Waals surface area contributed by atoms with E-state index in [-0.39, 0.29) is 11.6 Å². The lowest BCUT2D eigenvalue weighted by atomic mass is 10.1. The number of aromatic nitrogens is 2. The van der Waals surface area contributed by atoms with Crippen LogP contribution in [0.4, 0.5) is 5.69 Å². The summed E-state index contributed by atoms with van der Waals surface area (Å²) < 4.78 is 1.83. The Balaban J connectivity index is 2.53. The normalized spacial score (nSPS) is 10.8. The molecule has 6 heteroatoms. The van der Waals surface area contributed by atoms with Gasteiger partial charge >= 0.3 is 0 Å². The SMILES string of the molecule is CCc1cc(CC)n(-c2ccc([N+](=O)[O-])c(CCl)c2)n1. The van der Waals surface area contributed by atoms with Crippen molar-refractivity contribution in [3.8, 4) is 5.69 Å². The van der Waals surface area contributed by atoms with E-state index in [1.54, 1.807) is 12.1 Å². The molecule has 0 spiro atoms. The Bertz CT molecular complexity index is 637. The highest BCUT2D eigenvalue weighted by atomic mass is 35.5. The van der Waals surface area contributed by atoms with E-state index < -0.39 is 4.92 Å². The fourth-order valence-electron chi connectivity index (χ4n) is 2.11. The van der Waals surface area contributed by atoms with Crippen LogP contribution in [0.3, 0.4) is 0 Å². The van der Waals surface area contributed by atoms with Crippen molar-refractivity contribution in [1.82, 2.24) is 9.78 Å². The smallest absolute Gasteiger partial charge is 0.258 e. The zero-order valence-corrected chi connectivity index (χ0v) is 12.2. The van der Waals surface area contributed by atoms with E-state index >= 15 is 0 Å². The zero-order chi connectivity index (χ0) is 14.7. The zero-order valence-electron chi connectivity index (χ0n) is 11.5. The number of alkyl halides is 1. The van der Waals surface area contributed by atoms with Crippen molar-refractivity contribution in [3.63, 3.8) is 0 Å². The lowest BCUT2D eigenvalue weighted by molar-refractivity contribution is -0.385. The molecule has 20 heavy (non-hydrogen) atoms. The van der Waals surface area contributed by atoms with Gasteiger partial charge in [-0.25, -0.2) is 4.68 Å². The van der Waals surface area contributed by atoms with Crippen LogP contribution in [0.5, 0.6) is 0 Å². The van der Waals surface area contributed by atoms with Gasteiger partial charge in [0.1, 0.15) is 0 Å². The largest absolute Gasteiger partial charge is 0.273 e. The molecule has 0 saturated heterocycles. The monoisotopic (exact) mass is 293 g/mol. The first-order valence-electron chi connectivity index (χ1n) is 6.52. The van der Waals surface area contributed by atoms with Crippen LogP contribution in [0.1, 0.15) is 30.8 Å². The number of nitro groups is 1. The second-order valence-corrected chi connectivity index (χ2v) is 4.72. The van der Waals surface area contributed by atoms with Crippen LogP contribution in [-0.4, -0.2) is 14.7 Å². The topological polar surface area (TPSA) is 61.0 Å². The molecule has 0 fully saturated rings. The second kappa shape index (κ2) is 6.05. The van der Waals surface area contributed by atoms with Crippen molar-refractivity contribution in [2.24, 2.45) is 0 Å². The van der Waals surface area contributed by atoms with Gasteiger partial charge in [0.2, 0.25) is 0 Å². The Morgan fingerprint density at radius 3 is 2.60 bits per heavy atom. The predicted molar refractivity (Wildman–Crippen MR) is 78.5 cm³/mol. The number of hydrogen-bond donors (Lipinski definition) is 0. The van der Waals surface area contributed by atoms with Gasteiger partial charge in [-0.2, -0.15) is 5.10 Å². The summed E-state index contributed by atoms with van der Waals surface area (Å²) in [4.78, 5) is 10.5. The minimum Gasteiger partial charge on any atom is -0.258 e. The molecule has 0 radical (unpaired) electrons. The summed E-state index contributed by atoms with van der Waals surface area (Å²) >= 11 is 5.81. The summed E-state index contributed by atoms with van der Waals surface area (Å²) in [6.45, 7) is 4.10. The third-order valence-electron chi connectivity index (χ3n) is 3.21. The van der Waals surface area contributed by atoms with E-state index in [9.17, 15) is 10.1 Å². The highest BCUT2D eigenvalue weighted by Crippen LogP contribution is 2.24. The molecule has 0 N–H and O–H groups in total. The van der Waals surface area contributed by atoms with Gasteiger partial charge in [0, 0.05) is 17.3 Å². The Morgan fingerprint density at radius 2 is 2.05 bits per heavy atom.